The molecule has 0 aliphatic rings. The van der Waals surface area contributed by atoms with Crippen LogP contribution in [0.4, 0.5) is 5.82 Å². The second kappa shape index (κ2) is 4.27. The molecule has 6 heteroatoms. The largest absolute Gasteiger partial charge is 0.361 e. The maximum absolute atomic E-state index is 5.62. The molecule has 0 radical (unpaired) electrons. The first-order chi connectivity index (χ1) is 7.25. The van der Waals surface area contributed by atoms with Gasteiger partial charge in [0.05, 0.1) is 6.54 Å². The number of hydrogen-bond donors (Lipinski definition) is 1. The topological polar surface area (TPSA) is 55.6 Å². The second-order valence-electron chi connectivity index (χ2n) is 3.05. The third kappa shape index (κ3) is 2.44. The van der Waals surface area contributed by atoms with Crippen molar-refractivity contribution < 1.29 is 0 Å². The average Bonchev–Trinajstić information content (AvgIpc) is 2.63. The lowest BCUT2D eigenvalue weighted by Gasteiger charge is -2.04. The SMILES string of the molecule is Cn1ccnc1CNc1ccc(Cl)nn1. The Morgan fingerprint density at radius 2 is 2.27 bits per heavy atom. The molecule has 0 spiro atoms. The first kappa shape index (κ1) is 9.92. The Hall–Kier alpha value is -1.62. The standard InChI is InChI=1S/C9H10ClN5/c1-15-5-4-11-9(15)6-12-8-3-2-7(10)13-14-8/h2-5H,6H2,1H3,(H,12,14). The molecule has 0 fully saturated rings. The van der Waals surface area contributed by atoms with Crippen LogP contribution in [0.15, 0.2) is 24.5 Å². The lowest BCUT2D eigenvalue weighted by Crippen LogP contribution is -2.07. The molecule has 0 saturated heterocycles. The number of halogens is 1. The monoisotopic (exact) mass is 223 g/mol. The van der Waals surface area contributed by atoms with Gasteiger partial charge < -0.3 is 9.88 Å². The predicted molar refractivity (Wildman–Crippen MR) is 57.6 cm³/mol. The van der Waals surface area contributed by atoms with Crippen LogP contribution < -0.4 is 5.32 Å². The Kier molecular flexibility index (Phi) is 2.82. The molecule has 0 bridgehead atoms. The number of aromatic nitrogens is 4. The molecule has 15 heavy (non-hydrogen) atoms. The van der Waals surface area contributed by atoms with E-state index in [1.165, 1.54) is 0 Å². The van der Waals surface area contributed by atoms with Crippen LogP contribution in [0.25, 0.3) is 0 Å². The van der Waals surface area contributed by atoms with E-state index < -0.39 is 0 Å². The highest BCUT2D eigenvalue weighted by Crippen LogP contribution is 2.07. The van der Waals surface area contributed by atoms with E-state index in [-0.39, 0.29) is 0 Å². The van der Waals surface area contributed by atoms with Crippen molar-refractivity contribution in [3.63, 3.8) is 0 Å². The van der Waals surface area contributed by atoms with Crippen molar-refractivity contribution in [3.05, 3.63) is 35.5 Å². The van der Waals surface area contributed by atoms with Crippen LogP contribution in [0.2, 0.25) is 5.15 Å². The predicted octanol–water partition coefficient (Wildman–Crippen LogP) is 1.48. The fraction of sp³-hybridized carbons (Fsp3) is 0.222. The number of nitrogens with zero attached hydrogens (tertiary/aromatic N) is 4. The number of nitrogens with one attached hydrogen (secondary N) is 1. The van der Waals surface area contributed by atoms with Gasteiger partial charge in [0.1, 0.15) is 11.6 Å². The van der Waals surface area contributed by atoms with Crippen molar-refractivity contribution in [2.24, 2.45) is 7.05 Å². The molecule has 0 aromatic carbocycles. The number of hydrogen-bond acceptors (Lipinski definition) is 4. The van der Waals surface area contributed by atoms with Gasteiger partial charge in [-0.25, -0.2) is 4.98 Å². The lowest BCUT2D eigenvalue weighted by atomic mass is 10.5. The summed E-state index contributed by atoms with van der Waals surface area (Å²) in [6, 6.07) is 3.47. The minimum absolute atomic E-state index is 0.387. The summed E-state index contributed by atoms with van der Waals surface area (Å²) < 4.78 is 1.94. The highest BCUT2D eigenvalue weighted by atomic mass is 35.5. The Morgan fingerprint density at radius 3 is 2.87 bits per heavy atom. The number of rotatable bonds is 3. The van der Waals surface area contributed by atoms with Crippen molar-refractivity contribution in [1.82, 2.24) is 19.7 Å². The van der Waals surface area contributed by atoms with Gasteiger partial charge in [0, 0.05) is 19.4 Å². The Bertz CT molecular complexity index is 436. The molecule has 78 valence electrons. The summed E-state index contributed by atoms with van der Waals surface area (Å²) in [6.07, 6.45) is 3.65. The fourth-order valence-corrected chi connectivity index (χ4v) is 1.25. The Morgan fingerprint density at radius 1 is 1.40 bits per heavy atom. The molecule has 0 aliphatic heterocycles. The van der Waals surface area contributed by atoms with Gasteiger partial charge in [-0.05, 0) is 12.1 Å². The molecule has 0 saturated carbocycles. The van der Waals surface area contributed by atoms with Crippen LogP contribution in [0.5, 0.6) is 0 Å². The van der Waals surface area contributed by atoms with Gasteiger partial charge in [-0.15, -0.1) is 10.2 Å². The van der Waals surface area contributed by atoms with Crippen LogP contribution in [0.3, 0.4) is 0 Å². The van der Waals surface area contributed by atoms with Gasteiger partial charge in [0.25, 0.3) is 0 Å². The highest BCUT2D eigenvalue weighted by molar-refractivity contribution is 6.29. The maximum atomic E-state index is 5.62. The minimum Gasteiger partial charge on any atom is -0.361 e. The van der Waals surface area contributed by atoms with Gasteiger partial charge in [-0.3, -0.25) is 0 Å². The third-order valence-electron chi connectivity index (χ3n) is 1.98. The molecule has 2 rings (SSSR count). The average molecular weight is 224 g/mol. The van der Waals surface area contributed by atoms with Gasteiger partial charge in [0.2, 0.25) is 0 Å². The van der Waals surface area contributed by atoms with Crippen LogP contribution >= 0.6 is 11.6 Å². The number of aryl methyl sites for hydroxylation is 1. The zero-order valence-corrected chi connectivity index (χ0v) is 8.94. The number of anilines is 1. The summed E-state index contributed by atoms with van der Waals surface area (Å²) in [5, 5.41) is 11.1. The molecule has 2 aromatic heterocycles. The fourth-order valence-electron chi connectivity index (χ4n) is 1.15. The quantitative estimate of drug-likeness (QED) is 0.856. The summed E-state index contributed by atoms with van der Waals surface area (Å²) in [5.74, 6) is 1.62. The van der Waals surface area contributed by atoms with Gasteiger partial charge >= 0.3 is 0 Å². The van der Waals surface area contributed by atoms with Crippen LogP contribution in [-0.2, 0) is 13.6 Å². The summed E-state index contributed by atoms with van der Waals surface area (Å²) in [5.41, 5.74) is 0. The summed E-state index contributed by atoms with van der Waals surface area (Å²) in [6.45, 7) is 0.611. The molecule has 0 amide bonds. The molecular weight excluding hydrogens is 214 g/mol. The second-order valence-corrected chi connectivity index (χ2v) is 3.44. The lowest BCUT2D eigenvalue weighted by molar-refractivity contribution is 0.808. The van der Waals surface area contributed by atoms with E-state index in [9.17, 15) is 0 Å². The normalized spacial score (nSPS) is 10.3. The number of imidazole rings is 1. The summed E-state index contributed by atoms with van der Waals surface area (Å²) >= 11 is 5.62. The maximum Gasteiger partial charge on any atom is 0.151 e. The van der Waals surface area contributed by atoms with Crippen molar-refractivity contribution in [3.8, 4) is 0 Å². The molecule has 0 atom stereocenters. The van der Waals surface area contributed by atoms with E-state index in [0.717, 1.165) is 5.82 Å². The highest BCUT2D eigenvalue weighted by Gasteiger charge is 1.99. The van der Waals surface area contributed by atoms with E-state index in [1.807, 2.05) is 17.8 Å². The van der Waals surface area contributed by atoms with Crippen molar-refractivity contribution in [2.45, 2.75) is 6.54 Å². The smallest absolute Gasteiger partial charge is 0.151 e. The van der Waals surface area contributed by atoms with Crippen LogP contribution in [0.1, 0.15) is 5.82 Å². The van der Waals surface area contributed by atoms with E-state index in [1.54, 1.807) is 18.3 Å². The Labute approximate surface area is 92.1 Å². The zero-order valence-electron chi connectivity index (χ0n) is 8.18. The van der Waals surface area contributed by atoms with Crippen molar-refractivity contribution in [1.29, 1.82) is 0 Å². The van der Waals surface area contributed by atoms with E-state index >= 15 is 0 Å². The molecule has 2 aromatic rings. The minimum atomic E-state index is 0.387. The van der Waals surface area contributed by atoms with E-state index in [0.29, 0.717) is 17.5 Å². The molecule has 0 aliphatic carbocycles. The molecule has 2 heterocycles. The first-order valence-corrected chi connectivity index (χ1v) is 4.83. The van der Waals surface area contributed by atoms with Gasteiger partial charge in [-0.2, -0.15) is 0 Å². The third-order valence-corrected chi connectivity index (χ3v) is 2.18. The molecule has 5 nitrogen and oxygen atoms in total. The van der Waals surface area contributed by atoms with Crippen LogP contribution in [0, 0.1) is 0 Å². The van der Waals surface area contributed by atoms with Crippen LogP contribution in [-0.4, -0.2) is 19.7 Å². The Balaban J connectivity index is 1.99. The molecule has 1 N–H and O–H groups in total. The molecular formula is C9H10ClN5. The summed E-state index contributed by atoms with van der Waals surface area (Å²) in [4.78, 5) is 4.17. The van der Waals surface area contributed by atoms with E-state index in [4.69, 9.17) is 11.6 Å². The van der Waals surface area contributed by atoms with Gasteiger partial charge in [0.15, 0.2) is 5.15 Å². The van der Waals surface area contributed by atoms with Crippen molar-refractivity contribution in [2.75, 3.05) is 5.32 Å². The zero-order chi connectivity index (χ0) is 10.7. The van der Waals surface area contributed by atoms with Gasteiger partial charge in [-0.1, -0.05) is 11.6 Å². The first-order valence-electron chi connectivity index (χ1n) is 4.45. The van der Waals surface area contributed by atoms with Crippen molar-refractivity contribution >= 4 is 17.4 Å². The summed E-state index contributed by atoms with van der Waals surface area (Å²) in [7, 11) is 1.94. The van der Waals surface area contributed by atoms with E-state index in [2.05, 4.69) is 20.5 Å². The molecule has 0 unspecified atom stereocenters.